The van der Waals surface area contributed by atoms with Crippen LogP contribution >= 0.6 is 0 Å². The Morgan fingerprint density at radius 1 is 1.07 bits per heavy atom. The van der Waals surface area contributed by atoms with E-state index in [1.165, 1.54) is 0 Å². The number of aromatic nitrogens is 5. The van der Waals surface area contributed by atoms with Gasteiger partial charge in [0.15, 0.2) is 5.69 Å². The first-order chi connectivity index (χ1) is 13.8. The van der Waals surface area contributed by atoms with Gasteiger partial charge < -0.3 is 14.0 Å². The molecule has 28 heavy (non-hydrogen) atoms. The van der Waals surface area contributed by atoms with E-state index in [0.29, 0.717) is 30.6 Å². The van der Waals surface area contributed by atoms with Gasteiger partial charge in [-0.05, 0) is 29.8 Å². The van der Waals surface area contributed by atoms with Crippen molar-refractivity contribution < 1.29 is 14.0 Å². The molecule has 140 valence electrons. The Labute approximate surface area is 160 Å². The van der Waals surface area contributed by atoms with Crippen LogP contribution in [0.1, 0.15) is 17.4 Å². The fourth-order valence-corrected chi connectivity index (χ4v) is 3.22. The van der Waals surface area contributed by atoms with Gasteiger partial charge in [0.1, 0.15) is 11.9 Å². The normalized spacial score (nSPS) is 16.0. The van der Waals surface area contributed by atoms with Gasteiger partial charge in [-0.3, -0.25) is 0 Å². The Balaban J connectivity index is 1.39. The van der Waals surface area contributed by atoms with Crippen LogP contribution in [0.2, 0.25) is 0 Å². The zero-order valence-corrected chi connectivity index (χ0v) is 15.1. The minimum atomic E-state index is -0.0990. The second kappa shape index (κ2) is 6.90. The predicted octanol–water partition coefficient (Wildman–Crippen LogP) is 3.28. The van der Waals surface area contributed by atoms with Crippen LogP contribution in [0.15, 0.2) is 59.1 Å². The van der Waals surface area contributed by atoms with Crippen molar-refractivity contribution in [1.82, 2.24) is 25.1 Å². The standard InChI is InChI=1S/C20H17N5O3/c1-26-15-9-7-13(8-10-15)17-11-25-16(12-27-17)18(22-24-25)19-21-20(28-23-19)14-5-3-2-4-6-14/h2-10,17H,11-12H2,1H3/t17-/m1/s1. The molecule has 2 aromatic heterocycles. The molecule has 0 saturated carbocycles. The van der Waals surface area contributed by atoms with Crippen LogP contribution < -0.4 is 4.74 Å². The van der Waals surface area contributed by atoms with Crippen LogP contribution in [-0.2, 0) is 17.9 Å². The minimum Gasteiger partial charge on any atom is -0.497 e. The number of hydrogen-bond donors (Lipinski definition) is 0. The summed E-state index contributed by atoms with van der Waals surface area (Å²) in [5.41, 5.74) is 3.34. The van der Waals surface area contributed by atoms with E-state index < -0.39 is 0 Å². The van der Waals surface area contributed by atoms with Gasteiger partial charge in [0.05, 0.1) is 26.0 Å². The van der Waals surface area contributed by atoms with Crippen molar-refractivity contribution in [3.8, 4) is 28.7 Å². The van der Waals surface area contributed by atoms with Crippen LogP contribution in [0.25, 0.3) is 23.0 Å². The second-order valence-corrected chi connectivity index (χ2v) is 6.43. The fourth-order valence-electron chi connectivity index (χ4n) is 3.22. The summed E-state index contributed by atoms with van der Waals surface area (Å²) >= 11 is 0. The molecule has 0 aliphatic carbocycles. The van der Waals surface area contributed by atoms with Gasteiger partial charge in [0.25, 0.3) is 5.89 Å². The Hall–Kier alpha value is -3.52. The van der Waals surface area contributed by atoms with E-state index in [9.17, 15) is 0 Å². The zero-order valence-electron chi connectivity index (χ0n) is 15.1. The van der Waals surface area contributed by atoms with Gasteiger partial charge in [0, 0.05) is 5.56 Å². The summed E-state index contributed by atoms with van der Waals surface area (Å²) in [6.45, 7) is 0.937. The zero-order chi connectivity index (χ0) is 18.9. The average Bonchev–Trinajstić information content (AvgIpc) is 3.41. The second-order valence-electron chi connectivity index (χ2n) is 6.43. The first-order valence-electron chi connectivity index (χ1n) is 8.89. The summed E-state index contributed by atoms with van der Waals surface area (Å²) in [5.74, 6) is 1.67. The van der Waals surface area contributed by atoms with Crippen LogP contribution in [0.5, 0.6) is 5.75 Å². The van der Waals surface area contributed by atoms with Crippen LogP contribution in [0.4, 0.5) is 0 Å². The van der Waals surface area contributed by atoms with Gasteiger partial charge in [-0.25, -0.2) is 4.68 Å². The van der Waals surface area contributed by atoms with E-state index in [4.69, 9.17) is 14.0 Å². The van der Waals surface area contributed by atoms with Crippen molar-refractivity contribution in [2.75, 3.05) is 7.11 Å². The maximum Gasteiger partial charge on any atom is 0.258 e. The van der Waals surface area contributed by atoms with Crippen molar-refractivity contribution in [2.45, 2.75) is 19.3 Å². The lowest BCUT2D eigenvalue weighted by molar-refractivity contribution is -0.00114. The summed E-state index contributed by atoms with van der Waals surface area (Å²) in [5, 5.41) is 12.6. The monoisotopic (exact) mass is 375 g/mol. The Morgan fingerprint density at radius 2 is 1.89 bits per heavy atom. The van der Waals surface area contributed by atoms with E-state index in [1.807, 2.05) is 59.3 Å². The highest BCUT2D eigenvalue weighted by molar-refractivity contribution is 5.58. The quantitative estimate of drug-likeness (QED) is 0.541. The lowest BCUT2D eigenvalue weighted by atomic mass is 10.1. The first kappa shape index (κ1) is 16.6. The molecule has 0 amide bonds. The molecule has 0 radical (unpaired) electrons. The maximum atomic E-state index is 6.05. The molecule has 0 N–H and O–H groups in total. The number of nitrogens with zero attached hydrogens (tertiary/aromatic N) is 5. The average molecular weight is 375 g/mol. The maximum absolute atomic E-state index is 6.05. The fraction of sp³-hybridized carbons (Fsp3) is 0.200. The molecule has 0 unspecified atom stereocenters. The lowest BCUT2D eigenvalue weighted by Gasteiger charge is -2.24. The number of benzene rings is 2. The minimum absolute atomic E-state index is 0.0990. The molecule has 1 aliphatic heterocycles. The van der Waals surface area contributed by atoms with Gasteiger partial charge in [-0.2, -0.15) is 4.98 Å². The molecule has 5 rings (SSSR count). The summed E-state index contributed by atoms with van der Waals surface area (Å²) in [6, 6.07) is 17.5. The molecule has 0 saturated heterocycles. The Kier molecular flexibility index (Phi) is 4.10. The van der Waals surface area contributed by atoms with Gasteiger partial charge in [-0.1, -0.05) is 40.7 Å². The number of hydrogen-bond acceptors (Lipinski definition) is 7. The highest BCUT2D eigenvalue weighted by Crippen LogP contribution is 2.31. The van der Waals surface area contributed by atoms with E-state index in [-0.39, 0.29) is 6.10 Å². The largest absolute Gasteiger partial charge is 0.497 e. The van der Waals surface area contributed by atoms with Crippen molar-refractivity contribution in [1.29, 1.82) is 0 Å². The van der Waals surface area contributed by atoms with Crippen molar-refractivity contribution >= 4 is 0 Å². The van der Waals surface area contributed by atoms with Crippen molar-refractivity contribution in [3.63, 3.8) is 0 Å². The molecule has 8 nitrogen and oxygen atoms in total. The van der Waals surface area contributed by atoms with E-state index in [0.717, 1.165) is 22.6 Å². The molecule has 0 bridgehead atoms. The number of rotatable bonds is 4. The molecule has 0 spiro atoms. The molecule has 8 heteroatoms. The smallest absolute Gasteiger partial charge is 0.258 e. The molecule has 2 aromatic carbocycles. The van der Waals surface area contributed by atoms with Crippen molar-refractivity contribution in [3.05, 3.63) is 65.9 Å². The van der Waals surface area contributed by atoms with Gasteiger partial charge in [0.2, 0.25) is 5.82 Å². The Morgan fingerprint density at radius 3 is 2.68 bits per heavy atom. The molecular weight excluding hydrogens is 358 g/mol. The highest BCUT2D eigenvalue weighted by Gasteiger charge is 2.27. The summed E-state index contributed by atoms with van der Waals surface area (Å²) in [7, 11) is 1.65. The molecular formula is C20H17N5O3. The summed E-state index contributed by atoms with van der Waals surface area (Å²) < 4.78 is 18.5. The lowest BCUT2D eigenvalue weighted by Crippen LogP contribution is -2.22. The highest BCUT2D eigenvalue weighted by atomic mass is 16.5. The number of fused-ring (bicyclic) bond motifs is 1. The molecule has 1 atom stereocenters. The third kappa shape index (κ3) is 2.93. The van der Waals surface area contributed by atoms with E-state index >= 15 is 0 Å². The molecule has 1 aliphatic rings. The molecule has 0 fully saturated rings. The number of methoxy groups -OCH3 is 1. The first-order valence-corrected chi connectivity index (χ1v) is 8.89. The SMILES string of the molecule is COc1ccc([C@H]2Cn3nnc(-c4noc(-c5ccccc5)n4)c3CO2)cc1. The Bertz CT molecular complexity index is 1090. The van der Waals surface area contributed by atoms with Crippen LogP contribution in [0.3, 0.4) is 0 Å². The predicted molar refractivity (Wildman–Crippen MR) is 99.3 cm³/mol. The summed E-state index contributed by atoms with van der Waals surface area (Å²) in [4.78, 5) is 4.46. The number of ether oxygens (including phenoxy) is 2. The summed E-state index contributed by atoms with van der Waals surface area (Å²) in [6.07, 6.45) is -0.0990. The van der Waals surface area contributed by atoms with E-state index in [2.05, 4.69) is 20.5 Å². The topological polar surface area (TPSA) is 88.1 Å². The van der Waals surface area contributed by atoms with Gasteiger partial charge >= 0.3 is 0 Å². The van der Waals surface area contributed by atoms with E-state index in [1.54, 1.807) is 7.11 Å². The third-order valence-corrected chi connectivity index (χ3v) is 4.74. The van der Waals surface area contributed by atoms with Crippen molar-refractivity contribution in [2.24, 2.45) is 0 Å². The van der Waals surface area contributed by atoms with Crippen LogP contribution in [0, 0.1) is 0 Å². The van der Waals surface area contributed by atoms with Gasteiger partial charge in [-0.15, -0.1) is 5.10 Å². The van der Waals surface area contributed by atoms with Crippen LogP contribution in [-0.4, -0.2) is 32.2 Å². The third-order valence-electron chi connectivity index (χ3n) is 4.74. The molecule has 4 aromatic rings. The molecule has 3 heterocycles.